The molecule has 2 heteroatoms. The van der Waals surface area contributed by atoms with Gasteiger partial charge < -0.3 is 4.74 Å². The van der Waals surface area contributed by atoms with Gasteiger partial charge in [0.2, 0.25) is 0 Å². The van der Waals surface area contributed by atoms with Gasteiger partial charge in [0.1, 0.15) is 0 Å². The van der Waals surface area contributed by atoms with E-state index in [1.165, 1.54) is 30.9 Å². The molecule has 2 rings (SSSR count). The molecule has 2 aliphatic rings. The maximum atomic E-state index is 11.0. The van der Waals surface area contributed by atoms with Gasteiger partial charge in [-0.25, -0.2) is 0 Å². The summed E-state index contributed by atoms with van der Waals surface area (Å²) in [5.41, 5.74) is 3.05. The number of ether oxygens (including phenoxy) is 1. The van der Waals surface area contributed by atoms with Crippen LogP contribution in [0.15, 0.2) is 23.8 Å². The Balaban J connectivity index is 2.06. The highest BCUT2D eigenvalue weighted by atomic mass is 16.5. The molecule has 0 radical (unpaired) electrons. The molecule has 0 saturated heterocycles. The first-order chi connectivity index (χ1) is 8.92. The fraction of sp³-hybridized carbons (Fsp3) is 0.706. The molecule has 0 heterocycles. The standard InChI is InChI=1S/C17H26O2/c1-12-6-5-7-13(2)15-10-17(4,11-19-14(3)18)16(15)9-8-12/h6,15-16H,2,5,7-11H2,1,3-4H3/b12-6-/t15-,16-,17+/m1/s1. The second-order valence-corrected chi connectivity index (χ2v) is 6.64. The smallest absolute Gasteiger partial charge is 0.302 e. The molecule has 1 saturated carbocycles. The van der Waals surface area contributed by atoms with Crippen LogP contribution < -0.4 is 0 Å². The van der Waals surface area contributed by atoms with Crippen molar-refractivity contribution in [2.24, 2.45) is 17.3 Å². The Bertz CT molecular complexity index is 407. The molecular weight excluding hydrogens is 236 g/mol. The molecular formula is C17H26O2. The highest BCUT2D eigenvalue weighted by Crippen LogP contribution is 2.57. The van der Waals surface area contributed by atoms with Crippen LogP contribution >= 0.6 is 0 Å². The topological polar surface area (TPSA) is 26.3 Å². The zero-order valence-electron chi connectivity index (χ0n) is 12.5. The molecule has 2 aliphatic carbocycles. The van der Waals surface area contributed by atoms with Crippen molar-refractivity contribution in [3.63, 3.8) is 0 Å². The molecule has 0 bridgehead atoms. The predicted octanol–water partition coefficient (Wildman–Crippen LogP) is 4.27. The number of fused-ring (bicyclic) bond motifs is 1. The van der Waals surface area contributed by atoms with Gasteiger partial charge in [0.05, 0.1) is 6.61 Å². The van der Waals surface area contributed by atoms with Crippen LogP contribution in [0.25, 0.3) is 0 Å². The zero-order chi connectivity index (χ0) is 14.0. The summed E-state index contributed by atoms with van der Waals surface area (Å²) >= 11 is 0. The third-order valence-corrected chi connectivity index (χ3v) is 5.00. The highest BCUT2D eigenvalue weighted by Gasteiger charge is 2.51. The summed E-state index contributed by atoms with van der Waals surface area (Å²) in [5.74, 6) is 1.10. The molecule has 0 aromatic carbocycles. The minimum atomic E-state index is -0.164. The lowest BCUT2D eigenvalue weighted by Gasteiger charge is -2.54. The number of carbonyl (C=O) groups excluding carboxylic acids is 1. The first-order valence-electron chi connectivity index (χ1n) is 7.39. The number of allylic oxidation sites excluding steroid dienone is 3. The molecule has 0 aliphatic heterocycles. The summed E-state index contributed by atoms with van der Waals surface area (Å²) in [6, 6.07) is 0. The number of carbonyl (C=O) groups is 1. The van der Waals surface area contributed by atoms with Crippen LogP contribution in [0.1, 0.15) is 52.9 Å². The molecule has 1 fully saturated rings. The van der Waals surface area contributed by atoms with E-state index in [0.717, 1.165) is 19.3 Å². The van der Waals surface area contributed by atoms with Crippen molar-refractivity contribution in [3.05, 3.63) is 23.8 Å². The van der Waals surface area contributed by atoms with Crippen molar-refractivity contribution in [1.82, 2.24) is 0 Å². The van der Waals surface area contributed by atoms with E-state index < -0.39 is 0 Å². The summed E-state index contributed by atoms with van der Waals surface area (Å²) in [6.45, 7) is 10.8. The molecule has 3 atom stereocenters. The minimum absolute atomic E-state index is 0.157. The van der Waals surface area contributed by atoms with Crippen LogP contribution in [0, 0.1) is 17.3 Å². The number of hydrogen-bond donors (Lipinski definition) is 0. The molecule has 0 spiro atoms. The third-order valence-electron chi connectivity index (χ3n) is 5.00. The van der Waals surface area contributed by atoms with Crippen molar-refractivity contribution in [2.75, 3.05) is 6.61 Å². The second kappa shape index (κ2) is 5.52. The Hall–Kier alpha value is -1.05. The Kier molecular flexibility index (Phi) is 4.17. The Morgan fingerprint density at radius 3 is 2.95 bits per heavy atom. The van der Waals surface area contributed by atoms with E-state index in [0.29, 0.717) is 18.4 Å². The van der Waals surface area contributed by atoms with E-state index in [-0.39, 0.29) is 11.4 Å². The summed E-state index contributed by atoms with van der Waals surface area (Å²) in [4.78, 5) is 11.0. The van der Waals surface area contributed by atoms with E-state index in [9.17, 15) is 4.79 Å². The van der Waals surface area contributed by atoms with Crippen LogP contribution in [0.5, 0.6) is 0 Å². The largest absolute Gasteiger partial charge is 0.465 e. The van der Waals surface area contributed by atoms with Gasteiger partial charge in [-0.1, -0.05) is 30.7 Å². The first kappa shape index (κ1) is 14.4. The minimum Gasteiger partial charge on any atom is -0.465 e. The van der Waals surface area contributed by atoms with Crippen molar-refractivity contribution in [2.45, 2.75) is 52.9 Å². The maximum absolute atomic E-state index is 11.0. The Morgan fingerprint density at radius 2 is 2.26 bits per heavy atom. The van der Waals surface area contributed by atoms with E-state index in [1.807, 2.05) is 0 Å². The molecule has 19 heavy (non-hydrogen) atoms. The predicted molar refractivity (Wildman–Crippen MR) is 77.7 cm³/mol. The van der Waals surface area contributed by atoms with Crippen molar-refractivity contribution >= 4 is 5.97 Å². The molecule has 0 unspecified atom stereocenters. The lowest BCUT2D eigenvalue weighted by molar-refractivity contribution is -0.152. The van der Waals surface area contributed by atoms with Gasteiger partial charge in [-0.2, -0.15) is 0 Å². The number of esters is 1. The first-order valence-corrected chi connectivity index (χ1v) is 7.39. The van der Waals surface area contributed by atoms with Gasteiger partial charge in [0.25, 0.3) is 0 Å². The quantitative estimate of drug-likeness (QED) is 0.549. The molecule has 0 N–H and O–H groups in total. The fourth-order valence-electron chi connectivity index (χ4n) is 3.71. The van der Waals surface area contributed by atoms with E-state index in [2.05, 4.69) is 26.5 Å². The van der Waals surface area contributed by atoms with Gasteiger partial charge in [0, 0.05) is 12.3 Å². The Morgan fingerprint density at radius 1 is 1.53 bits per heavy atom. The average molecular weight is 262 g/mol. The van der Waals surface area contributed by atoms with Crippen molar-refractivity contribution < 1.29 is 9.53 Å². The second-order valence-electron chi connectivity index (χ2n) is 6.64. The zero-order valence-corrected chi connectivity index (χ0v) is 12.5. The lowest BCUT2D eigenvalue weighted by atomic mass is 9.51. The molecule has 0 amide bonds. The molecule has 0 aromatic rings. The van der Waals surface area contributed by atoms with Crippen molar-refractivity contribution in [3.8, 4) is 0 Å². The molecule has 0 aromatic heterocycles. The van der Waals surface area contributed by atoms with Crippen LogP contribution in [0.3, 0.4) is 0 Å². The van der Waals surface area contributed by atoms with Crippen LogP contribution in [-0.2, 0) is 9.53 Å². The van der Waals surface area contributed by atoms with Gasteiger partial charge in [-0.05, 0) is 50.9 Å². The summed E-state index contributed by atoms with van der Waals surface area (Å²) in [5, 5.41) is 0. The van der Waals surface area contributed by atoms with Crippen LogP contribution in [-0.4, -0.2) is 12.6 Å². The van der Waals surface area contributed by atoms with Crippen LogP contribution in [0.2, 0.25) is 0 Å². The summed E-state index contributed by atoms with van der Waals surface area (Å²) < 4.78 is 5.28. The third kappa shape index (κ3) is 3.10. The fourth-order valence-corrected chi connectivity index (χ4v) is 3.71. The van der Waals surface area contributed by atoms with E-state index in [1.54, 1.807) is 0 Å². The van der Waals surface area contributed by atoms with Crippen molar-refractivity contribution in [1.29, 1.82) is 0 Å². The normalized spacial score (nSPS) is 37.8. The maximum Gasteiger partial charge on any atom is 0.302 e. The van der Waals surface area contributed by atoms with Gasteiger partial charge >= 0.3 is 5.97 Å². The number of hydrogen-bond acceptors (Lipinski definition) is 2. The molecule has 2 nitrogen and oxygen atoms in total. The molecule has 106 valence electrons. The summed E-state index contributed by atoms with van der Waals surface area (Å²) in [6.07, 6.45) is 8.10. The van der Waals surface area contributed by atoms with E-state index in [4.69, 9.17) is 4.74 Å². The lowest BCUT2D eigenvalue weighted by Crippen LogP contribution is -2.49. The van der Waals surface area contributed by atoms with Gasteiger partial charge in [-0.15, -0.1) is 0 Å². The van der Waals surface area contributed by atoms with Crippen LogP contribution in [0.4, 0.5) is 0 Å². The SMILES string of the molecule is C=C1CC/C=C(/C)CC[C@@H]2[C@@H]1C[C@@]2(C)COC(C)=O. The Labute approximate surface area is 116 Å². The summed E-state index contributed by atoms with van der Waals surface area (Å²) in [7, 11) is 0. The van der Waals surface area contributed by atoms with Gasteiger partial charge in [0.15, 0.2) is 0 Å². The monoisotopic (exact) mass is 262 g/mol. The highest BCUT2D eigenvalue weighted by molar-refractivity contribution is 5.65. The van der Waals surface area contributed by atoms with E-state index >= 15 is 0 Å². The number of rotatable bonds is 2. The van der Waals surface area contributed by atoms with Gasteiger partial charge in [-0.3, -0.25) is 4.79 Å². The average Bonchev–Trinajstić information content (AvgIpc) is 2.37.